The van der Waals surface area contributed by atoms with Gasteiger partial charge >= 0.3 is 0 Å². The van der Waals surface area contributed by atoms with Gasteiger partial charge in [-0.2, -0.15) is 5.10 Å². The van der Waals surface area contributed by atoms with Crippen molar-refractivity contribution >= 4 is 11.6 Å². The molecule has 2 rings (SSSR count). The van der Waals surface area contributed by atoms with Gasteiger partial charge in [0.15, 0.2) is 0 Å². The number of benzene rings is 1. The van der Waals surface area contributed by atoms with Crippen molar-refractivity contribution in [1.29, 1.82) is 0 Å². The van der Waals surface area contributed by atoms with Crippen LogP contribution in [-0.4, -0.2) is 21.7 Å². The Balaban J connectivity index is 2.00. The van der Waals surface area contributed by atoms with Gasteiger partial charge in [0.2, 0.25) is 0 Å². The predicted octanol–water partition coefficient (Wildman–Crippen LogP) is 1.59. The van der Waals surface area contributed by atoms with E-state index in [1.165, 1.54) is 0 Å². The predicted molar refractivity (Wildman–Crippen MR) is 74.7 cm³/mol. The van der Waals surface area contributed by atoms with Crippen molar-refractivity contribution in [3.63, 3.8) is 0 Å². The number of aryl methyl sites for hydroxylation is 1. The second-order valence-corrected chi connectivity index (χ2v) is 4.69. The maximum Gasteiger partial charge on any atom is 0.253 e. The van der Waals surface area contributed by atoms with E-state index in [0.29, 0.717) is 17.8 Å². The van der Waals surface area contributed by atoms with Crippen molar-refractivity contribution in [1.82, 2.24) is 15.1 Å². The van der Waals surface area contributed by atoms with Crippen LogP contribution in [0.1, 0.15) is 22.8 Å². The maximum absolute atomic E-state index is 12.1. The Morgan fingerprint density at radius 3 is 2.95 bits per heavy atom. The van der Waals surface area contributed by atoms with E-state index in [4.69, 9.17) is 5.73 Å². The van der Waals surface area contributed by atoms with Crippen molar-refractivity contribution in [3.8, 4) is 0 Å². The summed E-state index contributed by atoms with van der Waals surface area (Å²) in [6, 6.07) is 7.26. The fraction of sp³-hybridized carbons (Fsp3) is 0.286. The first-order valence-electron chi connectivity index (χ1n) is 6.20. The molecule has 0 aliphatic heterocycles. The fourth-order valence-corrected chi connectivity index (χ4v) is 1.93. The zero-order valence-corrected chi connectivity index (χ0v) is 11.1. The monoisotopic (exact) mass is 258 g/mol. The number of nitrogens with one attached hydrogen (secondary N) is 1. The summed E-state index contributed by atoms with van der Waals surface area (Å²) >= 11 is 0. The lowest BCUT2D eigenvalue weighted by atomic mass is 10.1. The van der Waals surface area contributed by atoms with E-state index in [1.54, 1.807) is 23.0 Å². The van der Waals surface area contributed by atoms with Crippen LogP contribution >= 0.6 is 0 Å². The normalized spacial score (nSPS) is 12.1. The van der Waals surface area contributed by atoms with Gasteiger partial charge in [-0.3, -0.25) is 9.48 Å². The van der Waals surface area contributed by atoms with Crippen LogP contribution < -0.4 is 11.1 Å². The molecule has 5 heteroatoms. The number of nitrogen functional groups attached to an aromatic ring is 1. The quantitative estimate of drug-likeness (QED) is 0.818. The standard InChI is InChI=1S/C14H18N4O/c1-10-4-5-12(13(15)8-10)14(19)17-11(2)9-18-7-3-6-16-18/h3-8,11H,9,15H2,1-2H3,(H,17,19). The van der Waals surface area contributed by atoms with Crippen LogP contribution in [0, 0.1) is 6.92 Å². The molecule has 19 heavy (non-hydrogen) atoms. The summed E-state index contributed by atoms with van der Waals surface area (Å²) in [6.07, 6.45) is 3.58. The van der Waals surface area contributed by atoms with E-state index in [1.807, 2.05) is 32.2 Å². The zero-order chi connectivity index (χ0) is 13.8. The molecule has 0 fully saturated rings. The highest BCUT2D eigenvalue weighted by Gasteiger charge is 2.12. The Hall–Kier alpha value is -2.30. The van der Waals surface area contributed by atoms with E-state index < -0.39 is 0 Å². The summed E-state index contributed by atoms with van der Waals surface area (Å²) in [5, 5.41) is 7.02. The van der Waals surface area contributed by atoms with Gasteiger partial charge in [0.25, 0.3) is 5.91 Å². The van der Waals surface area contributed by atoms with E-state index in [2.05, 4.69) is 10.4 Å². The Morgan fingerprint density at radius 2 is 2.32 bits per heavy atom. The fourth-order valence-electron chi connectivity index (χ4n) is 1.93. The minimum absolute atomic E-state index is 0.0203. The Morgan fingerprint density at radius 1 is 1.53 bits per heavy atom. The van der Waals surface area contributed by atoms with Gasteiger partial charge < -0.3 is 11.1 Å². The van der Waals surface area contributed by atoms with E-state index in [0.717, 1.165) is 5.56 Å². The number of carbonyl (C=O) groups is 1. The molecule has 1 amide bonds. The highest BCUT2D eigenvalue weighted by atomic mass is 16.1. The van der Waals surface area contributed by atoms with Crippen molar-refractivity contribution in [2.75, 3.05) is 5.73 Å². The topological polar surface area (TPSA) is 72.9 Å². The Kier molecular flexibility index (Phi) is 3.85. The molecule has 1 heterocycles. The molecule has 0 radical (unpaired) electrons. The van der Waals surface area contributed by atoms with Crippen molar-refractivity contribution in [2.24, 2.45) is 0 Å². The third kappa shape index (κ3) is 3.34. The Labute approximate surface area is 112 Å². The van der Waals surface area contributed by atoms with Gasteiger partial charge in [0, 0.05) is 24.1 Å². The van der Waals surface area contributed by atoms with E-state index in [-0.39, 0.29) is 11.9 Å². The van der Waals surface area contributed by atoms with Crippen molar-refractivity contribution in [2.45, 2.75) is 26.4 Å². The summed E-state index contributed by atoms with van der Waals surface area (Å²) in [5.74, 6) is -0.155. The Bertz CT molecular complexity index is 563. The molecule has 100 valence electrons. The summed E-state index contributed by atoms with van der Waals surface area (Å²) in [4.78, 5) is 12.1. The summed E-state index contributed by atoms with van der Waals surface area (Å²) in [7, 11) is 0. The SMILES string of the molecule is Cc1ccc(C(=O)NC(C)Cn2cccn2)c(N)c1. The number of rotatable bonds is 4. The second kappa shape index (κ2) is 5.56. The van der Waals surface area contributed by atoms with Crippen LogP contribution in [0.15, 0.2) is 36.7 Å². The van der Waals surface area contributed by atoms with Crippen LogP contribution in [0.4, 0.5) is 5.69 Å². The molecule has 0 saturated heterocycles. The van der Waals surface area contributed by atoms with Gasteiger partial charge in [-0.1, -0.05) is 6.07 Å². The van der Waals surface area contributed by atoms with Crippen LogP contribution in [0.2, 0.25) is 0 Å². The first-order valence-corrected chi connectivity index (χ1v) is 6.20. The number of nitrogens with zero attached hydrogens (tertiary/aromatic N) is 2. The molecule has 1 atom stereocenters. The first-order chi connectivity index (χ1) is 9.06. The van der Waals surface area contributed by atoms with Gasteiger partial charge in [-0.05, 0) is 37.6 Å². The zero-order valence-electron chi connectivity index (χ0n) is 11.1. The molecule has 2 aromatic rings. The molecule has 0 spiro atoms. The number of anilines is 1. The molecule has 3 N–H and O–H groups in total. The van der Waals surface area contributed by atoms with Gasteiger partial charge in [-0.25, -0.2) is 0 Å². The number of carbonyl (C=O) groups excluding carboxylic acids is 1. The lowest BCUT2D eigenvalue weighted by Crippen LogP contribution is -2.36. The van der Waals surface area contributed by atoms with Crippen LogP contribution in [0.25, 0.3) is 0 Å². The largest absolute Gasteiger partial charge is 0.398 e. The number of hydrogen-bond donors (Lipinski definition) is 2. The first kappa shape index (κ1) is 13.1. The summed E-state index contributed by atoms with van der Waals surface area (Å²) in [5.41, 5.74) is 7.91. The number of amides is 1. The number of nitrogens with two attached hydrogens (primary N) is 1. The molecule has 0 bridgehead atoms. The lowest BCUT2D eigenvalue weighted by Gasteiger charge is -2.15. The highest BCUT2D eigenvalue weighted by molar-refractivity contribution is 5.99. The van der Waals surface area contributed by atoms with Crippen molar-refractivity contribution < 1.29 is 4.79 Å². The molecular formula is C14H18N4O. The average Bonchev–Trinajstić information content (AvgIpc) is 2.81. The van der Waals surface area contributed by atoms with Crippen LogP contribution in [0.3, 0.4) is 0 Å². The summed E-state index contributed by atoms with van der Waals surface area (Å²) in [6.45, 7) is 4.51. The third-order valence-electron chi connectivity index (χ3n) is 2.85. The number of hydrogen-bond acceptors (Lipinski definition) is 3. The highest BCUT2D eigenvalue weighted by Crippen LogP contribution is 2.13. The average molecular weight is 258 g/mol. The van der Waals surface area contributed by atoms with Crippen LogP contribution in [-0.2, 0) is 6.54 Å². The molecular weight excluding hydrogens is 240 g/mol. The molecule has 5 nitrogen and oxygen atoms in total. The van der Waals surface area contributed by atoms with E-state index >= 15 is 0 Å². The lowest BCUT2D eigenvalue weighted by molar-refractivity contribution is 0.0937. The van der Waals surface area contributed by atoms with Gasteiger partial charge in [0.05, 0.1) is 12.1 Å². The molecule has 1 aromatic heterocycles. The maximum atomic E-state index is 12.1. The minimum atomic E-state index is -0.155. The molecule has 1 unspecified atom stereocenters. The van der Waals surface area contributed by atoms with Gasteiger partial charge in [-0.15, -0.1) is 0 Å². The third-order valence-corrected chi connectivity index (χ3v) is 2.85. The second-order valence-electron chi connectivity index (χ2n) is 4.69. The smallest absolute Gasteiger partial charge is 0.253 e. The number of aromatic nitrogens is 2. The molecule has 0 saturated carbocycles. The molecule has 0 aliphatic carbocycles. The molecule has 0 aliphatic rings. The summed E-state index contributed by atoms with van der Waals surface area (Å²) < 4.78 is 1.78. The van der Waals surface area contributed by atoms with Gasteiger partial charge in [0.1, 0.15) is 0 Å². The van der Waals surface area contributed by atoms with Crippen molar-refractivity contribution in [3.05, 3.63) is 47.8 Å². The van der Waals surface area contributed by atoms with E-state index in [9.17, 15) is 4.79 Å². The minimum Gasteiger partial charge on any atom is -0.398 e. The van der Waals surface area contributed by atoms with Crippen LogP contribution in [0.5, 0.6) is 0 Å². The molecule has 1 aromatic carbocycles.